The largest absolute Gasteiger partial charge is 0.497 e. The zero-order valence-corrected chi connectivity index (χ0v) is 15.1. The molecule has 2 fully saturated rings. The average molecular weight is 355 g/mol. The quantitative estimate of drug-likeness (QED) is 0.862. The molecule has 2 saturated heterocycles. The topological polar surface area (TPSA) is 73.5 Å². The lowest BCUT2D eigenvalue weighted by Crippen LogP contribution is -2.49. The molecule has 138 valence electrons. The summed E-state index contributed by atoms with van der Waals surface area (Å²) in [5.41, 5.74) is 2.23. The number of nitrogens with zero attached hydrogens (tertiary/aromatic N) is 3. The van der Waals surface area contributed by atoms with Gasteiger partial charge in [-0.2, -0.15) is 5.10 Å². The zero-order valence-electron chi connectivity index (χ0n) is 15.1. The number of aromatic amines is 1. The van der Waals surface area contributed by atoms with Crippen molar-refractivity contribution >= 4 is 5.91 Å². The van der Waals surface area contributed by atoms with Gasteiger partial charge in [0.05, 0.1) is 12.8 Å². The summed E-state index contributed by atoms with van der Waals surface area (Å²) in [6.07, 6.45) is 1.04. The Hall–Kier alpha value is -2.38. The average Bonchev–Trinajstić information content (AvgIpc) is 3.38. The highest BCUT2D eigenvalue weighted by atomic mass is 16.5. The predicted molar refractivity (Wildman–Crippen MR) is 99.3 cm³/mol. The normalized spacial score (nSPS) is 21.1. The first kappa shape index (κ1) is 17.1. The Bertz CT molecular complexity index is 769. The van der Waals surface area contributed by atoms with Gasteiger partial charge in [-0.05, 0) is 24.6 Å². The van der Waals surface area contributed by atoms with E-state index in [1.807, 2.05) is 35.2 Å². The number of rotatable bonds is 4. The summed E-state index contributed by atoms with van der Waals surface area (Å²) in [5, 5.41) is 10.6. The molecule has 3 heterocycles. The highest BCUT2D eigenvalue weighted by molar-refractivity contribution is 5.93. The molecule has 2 aliphatic rings. The van der Waals surface area contributed by atoms with Crippen LogP contribution < -0.4 is 10.1 Å². The number of ether oxygens (including phenoxy) is 1. The highest BCUT2D eigenvalue weighted by Gasteiger charge is 2.32. The number of hydrogen-bond acceptors (Lipinski definition) is 5. The molecule has 2 aromatic rings. The van der Waals surface area contributed by atoms with E-state index in [9.17, 15) is 4.79 Å². The zero-order chi connectivity index (χ0) is 17.9. The number of H-pyrrole nitrogens is 1. The van der Waals surface area contributed by atoms with Gasteiger partial charge in [-0.1, -0.05) is 12.1 Å². The SMILES string of the molecule is COc1cccc(-c2cc(C(=O)N3CCC(N4CCNCC4)C3)[nH]n2)c1. The van der Waals surface area contributed by atoms with Gasteiger partial charge in [0, 0.05) is 50.9 Å². The number of benzene rings is 1. The summed E-state index contributed by atoms with van der Waals surface area (Å²) in [7, 11) is 1.64. The van der Waals surface area contributed by atoms with Gasteiger partial charge in [-0.3, -0.25) is 14.8 Å². The first-order valence-corrected chi connectivity index (χ1v) is 9.18. The van der Waals surface area contributed by atoms with E-state index in [1.165, 1.54) is 0 Å². The smallest absolute Gasteiger partial charge is 0.271 e. The van der Waals surface area contributed by atoms with Crippen molar-refractivity contribution in [3.8, 4) is 17.0 Å². The summed E-state index contributed by atoms with van der Waals surface area (Å²) >= 11 is 0. The lowest BCUT2D eigenvalue weighted by atomic mass is 10.1. The van der Waals surface area contributed by atoms with Crippen LogP contribution in [0.2, 0.25) is 0 Å². The second-order valence-corrected chi connectivity index (χ2v) is 6.88. The minimum absolute atomic E-state index is 0.0317. The maximum Gasteiger partial charge on any atom is 0.271 e. The third-order valence-corrected chi connectivity index (χ3v) is 5.29. The molecule has 1 aromatic heterocycles. The lowest BCUT2D eigenvalue weighted by Gasteiger charge is -2.32. The third-order valence-electron chi connectivity index (χ3n) is 5.29. The fourth-order valence-electron chi connectivity index (χ4n) is 3.80. The standard InChI is InChI=1S/C19H25N5O2/c1-26-16-4-2-3-14(11-16)17-12-18(22-21-17)19(25)24-8-5-15(13-24)23-9-6-20-7-10-23/h2-4,11-12,15,20H,5-10,13H2,1H3,(H,21,22). The predicted octanol–water partition coefficient (Wildman–Crippen LogP) is 1.20. The van der Waals surface area contributed by atoms with Crippen LogP contribution in [0.3, 0.4) is 0 Å². The molecule has 0 aliphatic carbocycles. The van der Waals surface area contributed by atoms with Crippen LogP contribution in [0.4, 0.5) is 0 Å². The molecule has 7 heteroatoms. The van der Waals surface area contributed by atoms with Crippen molar-refractivity contribution in [1.29, 1.82) is 0 Å². The molecule has 0 spiro atoms. The second kappa shape index (κ2) is 7.47. The maximum absolute atomic E-state index is 12.8. The fraction of sp³-hybridized carbons (Fsp3) is 0.474. The second-order valence-electron chi connectivity index (χ2n) is 6.88. The number of piperazine rings is 1. The van der Waals surface area contributed by atoms with Gasteiger partial charge in [-0.25, -0.2) is 0 Å². The van der Waals surface area contributed by atoms with Gasteiger partial charge < -0.3 is 15.0 Å². The molecule has 0 bridgehead atoms. The van der Waals surface area contributed by atoms with Gasteiger partial charge in [0.2, 0.25) is 0 Å². The molecule has 4 rings (SSSR count). The van der Waals surface area contributed by atoms with Crippen molar-refractivity contribution in [2.75, 3.05) is 46.4 Å². The highest BCUT2D eigenvalue weighted by Crippen LogP contribution is 2.24. The van der Waals surface area contributed by atoms with E-state index in [0.717, 1.165) is 62.7 Å². The number of likely N-dealkylation sites (tertiary alicyclic amines) is 1. The van der Waals surface area contributed by atoms with Crippen molar-refractivity contribution in [3.63, 3.8) is 0 Å². The molecule has 2 N–H and O–H groups in total. The van der Waals surface area contributed by atoms with Crippen LogP contribution >= 0.6 is 0 Å². The molecule has 1 amide bonds. The number of carbonyl (C=O) groups excluding carboxylic acids is 1. The molecular formula is C19H25N5O2. The summed E-state index contributed by atoms with van der Waals surface area (Å²) < 4.78 is 5.26. The lowest BCUT2D eigenvalue weighted by molar-refractivity contribution is 0.0767. The summed E-state index contributed by atoms with van der Waals surface area (Å²) in [5.74, 6) is 0.807. The minimum Gasteiger partial charge on any atom is -0.497 e. The number of amides is 1. The van der Waals surface area contributed by atoms with Crippen molar-refractivity contribution in [2.24, 2.45) is 0 Å². The van der Waals surface area contributed by atoms with Crippen molar-refractivity contribution in [3.05, 3.63) is 36.0 Å². The number of hydrogen-bond donors (Lipinski definition) is 2. The number of carbonyl (C=O) groups is 1. The molecule has 1 unspecified atom stereocenters. The molecule has 1 atom stereocenters. The van der Waals surface area contributed by atoms with Crippen LogP contribution in [0, 0.1) is 0 Å². The Morgan fingerprint density at radius 2 is 2.08 bits per heavy atom. The van der Waals surface area contributed by atoms with Gasteiger partial charge in [-0.15, -0.1) is 0 Å². The fourth-order valence-corrected chi connectivity index (χ4v) is 3.80. The Morgan fingerprint density at radius 3 is 2.88 bits per heavy atom. The van der Waals surface area contributed by atoms with Gasteiger partial charge in [0.15, 0.2) is 0 Å². The van der Waals surface area contributed by atoms with E-state index < -0.39 is 0 Å². The molecule has 2 aliphatic heterocycles. The molecule has 0 radical (unpaired) electrons. The molecular weight excluding hydrogens is 330 g/mol. The Labute approximate surface area is 153 Å². The van der Waals surface area contributed by atoms with Crippen LogP contribution in [0.25, 0.3) is 11.3 Å². The molecule has 7 nitrogen and oxygen atoms in total. The van der Waals surface area contributed by atoms with E-state index in [0.29, 0.717) is 11.7 Å². The monoisotopic (exact) mass is 355 g/mol. The minimum atomic E-state index is 0.0317. The van der Waals surface area contributed by atoms with E-state index in [4.69, 9.17) is 4.74 Å². The Morgan fingerprint density at radius 1 is 1.23 bits per heavy atom. The van der Waals surface area contributed by atoms with Crippen LogP contribution in [-0.4, -0.2) is 78.3 Å². The molecule has 26 heavy (non-hydrogen) atoms. The van der Waals surface area contributed by atoms with Crippen molar-refractivity contribution in [2.45, 2.75) is 12.5 Å². The molecule has 1 aromatic carbocycles. The van der Waals surface area contributed by atoms with E-state index in [1.54, 1.807) is 7.11 Å². The van der Waals surface area contributed by atoms with Crippen LogP contribution in [0.15, 0.2) is 30.3 Å². The van der Waals surface area contributed by atoms with Crippen LogP contribution in [-0.2, 0) is 0 Å². The first-order valence-electron chi connectivity index (χ1n) is 9.18. The number of aromatic nitrogens is 2. The number of methoxy groups -OCH3 is 1. The third kappa shape index (κ3) is 3.45. The van der Waals surface area contributed by atoms with Gasteiger partial charge in [0.25, 0.3) is 5.91 Å². The maximum atomic E-state index is 12.8. The summed E-state index contributed by atoms with van der Waals surface area (Å²) in [4.78, 5) is 17.3. The van der Waals surface area contributed by atoms with Crippen LogP contribution in [0.5, 0.6) is 5.75 Å². The van der Waals surface area contributed by atoms with Gasteiger partial charge >= 0.3 is 0 Å². The van der Waals surface area contributed by atoms with Crippen molar-refractivity contribution < 1.29 is 9.53 Å². The Kier molecular flexibility index (Phi) is 4.90. The Balaban J connectivity index is 1.43. The number of nitrogens with one attached hydrogen (secondary N) is 2. The first-order chi connectivity index (χ1) is 12.7. The summed E-state index contributed by atoms with van der Waals surface area (Å²) in [6.45, 7) is 5.81. The summed E-state index contributed by atoms with van der Waals surface area (Å²) in [6, 6.07) is 9.99. The van der Waals surface area contributed by atoms with E-state index >= 15 is 0 Å². The van der Waals surface area contributed by atoms with E-state index in [2.05, 4.69) is 20.4 Å². The molecule has 0 saturated carbocycles. The van der Waals surface area contributed by atoms with Crippen LogP contribution in [0.1, 0.15) is 16.9 Å². The van der Waals surface area contributed by atoms with Gasteiger partial charge in [0.1, 0.15) is 11.4 Å². The van der Waals surface area contributed by atoms with Crippen molar-refractivity contribution in [1.82, 2.24) is 25.3 Å². The van der Waals surface area contributed by atoms with E-state index in [-0.39, 0.29) is 5.91 Å².